The third-order valence-corrected chi connectivity index (χ3v) is 3.33. The predicted octanol–water partition coefficient (Wildman–Crippen LogP) is 3.38. The normalized spacial score (nSPS) is 22.1. The molecule has 0 atom stereocenters. The van der Waals surface area contributed by atoms with Crippen molar-refractivity contribution in [1.82, 2.24) is 0 Å². The number of cyclic esters (lactones) is 2. The van der Waals surface area contributed by atoms with Crippen LogP contribution in [0.2, 0.25) is 0 Å². The van der Waals surface area contributed by atoms with Gasteiger partial charge in [0, 0.05) is 19.3 Å². The Kier molecular flexibility index (Phi) is 9.11. The van der Waals surface area contributed by atoms with Crippen LogP contribution in [0.1, 0.15) is 70.6 Å². The molecule has 1 fully saturated rings. The number of carbonyl (C=O) groups is 2. The lowest BCUT2D eigenvalue weighted by molar-refractivity contribution is -0.146. The molecule has 0 aliphatic carbocycles. The van der Waals surface area contributed by atoms with Gasteiger partial charge in [-0.05, 0) is 12.8 Å². The van der Waals surface area contributed by atoms with Crippen LogP contribution in [0.4, 0.5) is 0 Å². The van der Waals surface area contributed by atoms with Crippen molar-refractivity contribution in [3.8, 4) is 0 Å². The van der Waals surface area contributed by atoms with Crippen molar-refractivity contribution < 1.29 is 19.1 Å². The highest BCUT2D eigenvalue weighted by Gasteiger charge is 2.05. The van der Waals surface area contributed by atoms with Crippen molar-refractivity contribution in [3.63, 3.8) is 0 Å². The van der Waals surface area contributed by atoms with E-state index in [1.165, 1.54) is 25.7 Å². The van der Waals surface area contributed by atoms with E-state index in [0.717, 1.165) is 25.7 Å². The fourth-order valence-corrected chi connectivity index (χ4v) is 2.17. The van der Waals surface area contributed by atoms with Crippen LogP contribution in [-0.4, -0.2) is 25.2 Å². The molecule has 4 nitrogen and oxygen atoms in total. The molecule has 0 spiro atoms. The first-order chi connectivity index (χ1) is 9.29. The van der Waals surface area contributed by atoms with E-state index in [-0.39, 0.29) is 11.9 Å². The molecule has 1 saturated heterocycles. The quantitative estimate of drug-likeness (QED) is 0.633. The van der Waals surface area contributed by atoms with Crippen LogP contribution in [0, 0.1) is 0 Å². The van der Waals surface area contributed by atoms with Crippen molar-refractivity contribution in [3.05, 3.63) is 0 Å². The van der Waals surface area contributed by atoms with Gasteiger partial charge in [-0.15, -0.1) is 0 Å². The highest BCUT2D eigenvalue weighted by atomic mass is 16.5. The average Bonchev–Trinajstić information content (AvgIpc) is 2.39. The second-order valence-corrected chi connectivity index (χ2v) is 5.12. The second kappa shape index (κ2) is 10.8. The van der Waals surface area contributed by atoms with Gasteiger partial charge >= 0.3 is 11.9 Å². The molecule has 0 N–H and O–H groups in total. The zero-order chi connectivity index (χ0) is 13.8. The minimum Gasteiger partial charge on any atom is -0.466 e. The van der Waals surface area contributed by atoms with Crippen molar-refractivity contribution >= 4 is 11.9 Å². The average molecular weight is 270 g/mol. The van der Waals surface area contributed by atoms with E-state index in [9.17, 15) is 9.59 Å². The SMILES string of the molecule is O=C1CCCCCCCCCCC(=O)OCCCO1. The standard InChI is InChI=1S/C15H26O4/c16-14-10-7-5-3-1-2-4-6-8-11-15(17)19-13-9-12-18-14/h1-13H2. The van der Waals surface area contributed by atoms with Gasteiger partial charge in [0.1, 0.15) is 0 Å². The van der Waals surface area contributed by atoms with Gasteiger partial charge in [0.15, 0.2) is 0 Å². The number of ether oxygens (including phenoxy) is 2. The summed E-state index contributed by atoms with van der Waals surface area (Å²) in [6.07, 6.45) is 10.5. The Morgan fingerprint density at radius 2 is 0.895 bits per heavy atom. The zero-order valence-corrected chi connectivity index (χ0v) is 11.8. The van der Waals surface area contributed by atoms with Crippen LogP contribution >= 0.6 is 0 Å². The highest BCUT2D eigenvalue weighted by molar-refractivity contribution is 5.69. The van der Waals surface area contributed by atoms with E-state index >= 15 is 0 Å². The highest BCUT2D eigenvalue weighted by Crippen LogP contribution is 2.11. The first kappa shape index (κ1) is 16.0. The minimum absolute atomic E-state index is 0.129. The largest absolute Gasteiger partial charge is 0.466 e. The molecule has 0 aromatic rings. The van der Waals surface area contributed by atoms with Crippen molar-refractivity contribution in [2.24, 2.45) is 0 Å². The molecule has 1 heterocycles. The number of esters is 2. The maximum absolute atomic E-state index is 11.4. The lowest BCUT2D eigenvalue weighted by Crippen LogP contribution is -2.10. The van der Waals surface area contributed by atoms with Gasteiger partial charge < -0.3 is 9.47 Å². The van der Waals surface area contributed by atoms with Crippen LogP contribution in [-0.2, 0) is 19.1 Å². The molecule has 19 heavy (non-hydrogen) atoms. The Bertz CT molecular complexity index is 237. The molecule has 0 aromatic carbocycles. The molecule has 0 saturated carbocycles. The van der Waals surface area contributed by atoms with Crippen LogP contribution < -0.4 is 0 Å². The summed E-state index contributed by atoms with van der Waals surface area (Å²) in [7, 11) is 0. The topological polar surface area (TPSA) is 52.6 Å². The monoisotopic (exact) mass is 270 g/mol. The van der Waals surface area contributed by atoms with E-state index in [2.05, 4.69) is 0 Å². The third kappa shape index (κ3) is 9.51. The fourth-order valence-electron chi connectivity index (χ4n) is 2.17. The molecular weight excluding hydrogens is 244 g/mol. The summed E-state index contributed by atoms with van der Waals surface area (Å²) >= 11 is 0. The lowest BCUT2D eigenvalue weighted by atomic mass is 10.1. The van der Waals surface area contributed by atoms with E-state index in [4.69, 9.17) is 9.47 Å². The molecule has 1 aliphatic rings. The number of hydrogen-bond donors (Lipinski definition) is 0. The summed E-state index contributed by atoms with van der Waals surface area (Å²) < 4.78 is 10.1. The van der Waals surface area contributed by atoms with Crippen LogP contribution in [0.5, 0.6) is 0 Å². The molecular formula is C15H26O4. The van der Waals surface area contributed by atoms with Gasteiger partial charge in [0.05, 0.1) is 13.2 Å². The number of carbonyl (C=O) groups excluding carboxylic acids is 2. The Morgan fingerprint density at radius 1 is 0.526 bits per heavy atom. The molecule has 1 rings (SSSR count). The summed E-state index contributed by atoms with van der Waals surface area (Å²) in [6.45, 7) is 0.707. The minimum atomic E-state index is -0.129. The van der Waals surface area contributed by atoms with Gasteiger partial charge in [0.2, 0.25) is 0 Å². The molecule has 4 heteroatoms. The number of rotatable bonds is 0. The van der Waals surface area contributed by atoms with Crippen LogP contribution in [0.15, 0.2) is 0 Å². The van der Waals surface area contributed by atoms with Gasteiger partial charge in [-0.1, -0.05) is 38.5 Å². The molecule has 0 amide bonds. The van der Waals surface area contributed by atoms with Crippen LogP contribution in [0.25, 0.3) is 0 Å². The van der Waals surface area contributed by atoms with Gasteiger partial charge in [-0.25, -0.2) is 0 Å². The zero-order valence-electron chi connectivity index (χ0n) is 11.8. The first-order valence-electron chi connectivity index (χ1n) is 7.60. The number of hydrogen-bond acceptors (Lipinski definition) is 4. The Balaban J connectivity index is 2.21. The Hall–Kier alpha value is -1.06. The smallest absolute Gasteiger partial charge is 0.305 e. The summed E-state index contributed by atoms with van der Waals surface area (Å²) in [4.78, 5) is 22.7. The molecule has 0 unspecified atom stereocenters. The fraction of sp³-hybridized carbons (Fsp3) is 0.867. The van der Waals surface area contributed by atoms with Crippen molar-refractivity contribution in [2.45, 2.75) is 70.6 Å². The maximum atomic E-state index is 11.4. The van der Waals surface area contributed by atoms with E-state index in [0.29, 0.717) is 32.5 Å². The van der Waals surface area contributed by atoms with E-state index in [1.54, 1.807) is 0 Å². The lowest BCUT2D eigenvalue weighted by Gasteiger charge is -2.06. The Labute approximate surface area is 115 Å². The maximum Gasteiger partial charge on any atom is 0.305 e. The molecule has 1 aliphatic heterocycles. The molecule has 0 radical (unpaired) electrons. The molecule has 110 valence electrons. The molecule has 0 aromatic heterocycles. The van der Waals surface area contributed by atoms with E-state index in [1.807, 2.05) is 0 Å². The molecule has 0 bridgehead atoms. The summed E-state index contributed by atoms with van der Waals surface area (Å²) in [5.41, 5.74) is 0. The van der Waals surface area contributed by atoms with Crippen molar-refractivity contribution in [2.75, 3.05) is 13.2 Å². The van der Waals surface area contributed by atoms with Gasteiger partial charge in [0.25, 0.3) is 0 Å². The van der Waals surface area contributed by atoms with Crippen LogP contribution in [0.3, 0.4) is 0 Å². The van der Waals surface area contributed by atoms with Gasteiger partial charge in [-0.2, -0.15) is 0 Å². The first-order valence-corrected chi connectivity index (χ1v) is 7.60. The van der Waals surface area contributed by atoms with Crippen molar-refractivity contribution in [1.29, 1.82) is 0 Å². The Morgan fingerprint density at radius 3 is 1.32 bits per heavy atom. The second-order valence-electron chi connectivity index (χ2n) is 5.12. The predicted molar refractivity (Wildman–Crippen MR) is 72.7 cm³/mol. The summed E-state index contributed by atoms with van der Waals surface area (Å²) in [5.74, 6) is -0.258. The van der Waals surface area contributed by atoms with Gasteiger partial charge in [-0.3, -0.25) is 9.59 Å². The summed E-state index contributed by atoms with van der Waals surface area (Å²) in [6, 6.07) is 0. The van der Waals surface area contributed by atoms with E-state index < -0.39 is 0 Å². The summed E-state index contributed by atoms with van der Waals surface area (Å²) in [5, 5.41) is 0. The third-order valence-electron chi connectivity index (χ3n) is 3.33.